The van der Waals surface area contributed by atoms with Gasteiger partial charge in [0.05, 0.1) is 0 Å². The van der Waals surface area contributed by atoms with Crippen molar-refractivity contribution < 1.29 is 0 Å². The lowest BCUT2D eigenvalue weighted by atomic mass is 10.2. The number of nitrogens with zero attached hydrogens (tertiary/aromatic N) is 5. The molecule has 3 rings (SSSR count). The standard InChI is InChI=1S/C19H28N6.HI/c1-3-5-11-20-19(21-12-14-24-15-22-23-18(24)4-2)25-13-10-16-8-6-7-9-17(16)25;/h6-9,15H,3-5,10-14H2,1-2H3,(H,20,21);1H. The summed E-state index contributed by atoms with van der Waals surface area (Å²) in [5.41, 5.74) is 2.68. The molecule has 0 radical (unpaired) electrons. The van der Waals surface area contributed by atoms with Gasteiger partial charge in [0.1, 0.15) is 12.2 Å². The second kappa shape index (κ2) is 10.5. The average molecular weight is 468 g/mol. The molecule has 1 aliphatic heterocycles. The first-order valence-corrected chi connectivity index (χ1v) is 9.34. The van der Waals surface area contributed by atoms with Gasteiger partial charge in [-0.2, -0.15) is 0 Å². The van der Waals surface area contributed by atoms with Gasteiger partial charge < -0.3 is 14.8 Å². The van der Waals surface area contributed by atoms with E-state index in [1.54, 1.807) is 6.33 Å². The van der Waals surface area contributed by atoms with Gasteiger partial charge in [0.15, 0.2) is 5.96 Å². The Morgan fingerprint density at radius 3 is 2.92 bits per heavy atom. The van der Waals surface area contributed by atoms with Crippen molar-refractivity contribution in [1.29, 1.82) is 0 Å². The number of aliphatic imine (C=N–C) groups is 1. The number of hydrogen-bond acceptors (Lipinski definition) is 3. The van der Waals surface area contributed by atoms with Gasteiger partial charge in [-0.25, -0.2) is 0 Å². The molecule has 2 heterocycles. The van der Waals surface area contributed by atoms with Crippen molar-refractivity contribution in [1.82, 2.24) is 20.1 Å². The third-order valence-electron chi connectivity index (χ3n) is 4.56. The lowest BCUT2D eigenvalue weighted by molar-refractivity contribution is 0.635. The Bertz CT molecular complexity index is 712. The molecule has 26 heavy (non-hydrogen) atoms. The quantitative estimate of drug-likeness (QED) is 0.293. The second-order valence-electron chi connectivity index (χ2n) is 6.31. The molecule has 0 bridgehead atoms. The Hall–Kier alpha value is -1.64. The van der Waals surface area contributed by atoms with E-state index in [1.165, 1.54) is 11.3 Å². The predicted octanol–water partition coefficient (Wildman–Crippen LogP) is 3.27. The van der Waals surface area contributed by atoms with E-state index in [2.05, 4.69) is 63.1 Å². The minimum absolute atomic E-state index is 0. The summed E-state index contributed by atoms with van der Waals surface area (Å²) in [6.45, 7) is 7.82. The molecule has 6 nitrogen and oxygen atoms in total. The molecule has 0 saturated heterocycles. The van der Waals surface area contributed by atoms with E-state index in [1.807, 2.05) is 0 Å². The summed E-state index contributed by atoms with van der Waals surface area (Å²) in [6.07, 6.45) is 6.06. The zero-order chi connectivity index (χ0) is 17.5. The number of benzene rings is 1. The van der Waals surface area contributed by atoms with E-state index in [0.717, 1.165) is 63.6 Å². The van der Waals surface area contributed by atoms with Gasteiger partial charge in [-0.3, -0.25) is 4.99 Å². The van der Waals surface area contributed by atoms with Crippen LogP contribution in [0.4, 0.5) is 5.69 Å². The van der Waals surface area contributed by atoms with Crippen molar-refractivity contribution >= 4 is 35.6 Å². The lowest BCUT2D eigenvalue weighted by Crippen LogP contribution is -2.42. The molecular formula is C19H29IN6. The van der Waals surface area contributed by atoms with E-state index in [-0.39, 0.29) is 24.0 Å². The minimum Gasteiger partial charge on any atom is -0.354 e. The average Bonchev–Trinajstić information content (AvgIpc) is 3.27. The number of para-hydroxylation sites is 1. The third-order valence-corrected chi connectivity index (χ3v) is 4.56. The molecule has 0 unspecified atom stereocenters. The van der Waals surface area contributed by atoms with E-state index in [9.17, 15) is 0 Å². The zero-order valence-corrected chi connectivity index (χ0v) is 18.0. The van der Waals surface area contributed by atoms with Crippen molar-refractivity contribution in [2.24, 2.45) is 4.99 Å². The topological polar surface area (TPSA) is 58.3 Å². The normalized spacial score (nSPS) is 13.5. The van der Waals surface area contributed by atoms with Gasteiger partial charge in [-0.15, -0.1) is 34.2 Å². The predicted molar refractivity (Wildman–Crippen MR) is 118 cm³/mol. The number of halogens is 1. The molecule has 0 fully saturated rings. The first-order chi connectivity index (χ1) is 12.3. The molecule has 1 N–H and O–H groups in total. The Kier molecular flexibility index (Phi) is 8.34. The summed E-state index contributed by atoms with van der Waals surface area (Å²) in [7, 11) is 0. The van der Waals surface area contributed by atoms with Crippen LogP contribution in [-0.2, 0) is 19.4 Å². The summed E-state index contributed by atoms with van der Waals surface area (Å²) in [5, 5.41) is 11.7. The summed E-state index contributed by atoms with van der Waals surface area (Å²) in [5.74, 6) is 2.02. The van der Waals surface area contributed by atoms with Gasteiger partial charge in [0, 0.05) is 38.3 Å². The van der Waals surface area contributed by atoms with Crippen LogP contribution >= 0.6 is 24.0 Å². The van der Waals surface area contributed by atoms with Crippen LogP contribution in [0.15, 0.2) is 35.6 Å². The zero-order valence-electron chi connectivity index (χ0n) is 15.7. The summed E-state index contributed by atoms with van der Waals surface area (Å²) >= 11 is 0. The fraction of sp³-hybridized carbons (Fsp3) is 0.526. The molecule has 1 aliphatic rings. The highest BCUT2D eigenvalue weighted by Crippen LogP contribution is 2.27. The molecule has 0 spiro atoms. The number of guanidine groups is 1. The Balaban J connectivity index is 0.00000243. The SMILES string of the molecule is CCCCN=C(NCCn1cnnc1CC)N1CCc2ccccc21.I. The second-order valence-corrected chi connectivity index (χ2v) is 6.31. The first-order valence-electron chi connectivity index (χ1n) is 9.34. The fourth-order valence-electron chi connectivity index (χ4n) is 3.17. The smallest absolute Gasteiger partial charge is 0.198 e. The Labute approximate surface area is 173 Å². The van der Waals surface area contributed by atoms with Crippen molar-refractivity contribution in [3.63, 3.8) is 0 Å². The number of nitrogens with one attached hydrogen (secondary N) is 1. The van der Waals surface area contributed by atoms with Gasteiger partial charge in [0.25, 0.3) is 0 Å². The molecule has 0 saturated carbocycles. The molecule has 0 aliphatic carbocycles. The van der Waals surface area contributed by atoms with Gasteiger partial charge in [0.2, 0.25) is 0 Å². The molecule has 2 aromatic rings. The first kappa shape index (κ1) is 20.7. The van der Waals surface area contributed by atoms with Crippen LogP contribution in [0.5, 0.6) is 0 Å². The molecular weight excluding hydrogens is 439 g/mol. The van der Waals surface area contributed by atoms with Crippen molar-refractivity contribution in [3.8, 4) is 0 Å². The number of fused-ring (bicyclic) bond motifs is 1. The summed E-state index contributed by atoms with van der Waals surface area (Å²) in [4.78, 5) is 7.16. The molecule has 142 valence electrons. The maximum Gasteiger partial charge on any atom is 0.198 e. The van der Waals surface area contributed by atoms with Crippen molar-refractivity contribution in [2.75, 3.05) is 24.5 Å². The number of anilines is 1. The Morgan fingerprint density at radius 2 is 2.12 bits per heavy atom. The van der Waals surface area contributed by atoms with E-state index in [0.29, 0.717) is 0 Å². The van der Waals surface area contributed by atoms with Gasteiger partial charge in [-0.1, -0.05) is 38.5 Å². The summed E-state index contributed by atoms with van der Waals surface area (Å²) in [6, 6.07) is 8.62. The molecule has 1 aromatic heterocycles. The highest BCUT2D eigenvalue weighted by atomic mass is 127. The number of aromatic nitrogens is 3. The molecule has 1 aromatic carbocycles. The highest BCUT2D eigenvalue weighted by Gasteiger charge is 2.22. The maximum atomic E-state index is 4.85. The van der Waals surface area contributed by atoms with Crippen LogP contribution in [0.1, 0.15) is 38.1 Å². The van der Waals surface area contributed by atoms with Crippen LogP contribution in [-0.4, -0.2) is 40.4 Å². The van der Waals surface area contributed by atoms with Crippen molar-refractivity contribution in [3.05, 3.63) is 42.0 Å². The largest absolute Gasteiger partial charge is 0.354 e. The lowest BCUT2D eigenvalue weighted by Gasteiger charge is -2.23. The van der Waals surface area contributed by atoms with E-state index in [4.69, 9.17) is 4.99 Å². The van der Waals surface area contributed by atoms with E-state index < -0.39 is 0 Å². The fourth-order valence-corrected chi connectivity index (χ4v) is 3.17. The van der Waals surface area contributed by atoms with Crippen LogP contribution < -0.4 is 10.2 Å². The monoisotopic (exact) mass is 468 g/mol. The van der Waals surface area contributed by atoms with Crippen LogP contribution in [0.2, 0.25) is 0 Å². The molecule has 7 heteroatoms. The van der Waals surface area contributed by atoms with Gasteiger partial charge >= 0.3 is 0 Å². The minimum atomic E-state index is 0. The third kappa shape index (κ3) is 4.96. The van der Waals surface area contributed by atoms with Crippen LogP contribution in [0.25, 0.3) is 0 Å². The van der Waals surface area contributed by atoms with Crippen LogP contribution in [0, 0.1) is 0 Å². The number of rotatable bonds is 7. The summed E-state index contributed by atoms with van der Waals surface area (Å²) < 4.78 is 2.11. The van der Waals surface area contributed by atoms with E-state index >= 15 is 0 Å². The molecule has 0 amide bonds. The molecule has 0 atom stereocenters. The van der Waals surface area contributed by atoms with Crippen LogP contribution in [0.3, 0.4) is 0 Å². The number of hydrogen-bond donors (Lipinski definition) is 1. The Morgan fingerprint density at radius 1 is 1.27 bits per heavy atom. The maximum absolute atomic E-state index is 4.85. The number of aryl methyl sites for hydroxylation is 1. The van der Waals surface area contributed by atoms with Gasteiger partial charge in [-0.05, 0) is 24.5 Å². The van der Waals surface area contributed by atoms with Crippen molar-refractivity contribution in [2.45, 2.75) is 46.1 Å². The number of unbranched alkanes of at least 4 members (excludes halogenated alkanes) is 1. The highest BCUT2D eigenvalue weighted by molar-refractivity contribution is 14.0.